The zero-order valence-corrected chi connectivity index (χ0v) is 18.9. The smallest absolute Gasteiger partial charge is 0.191 e. The van der Waals surface area contributed by atoms with Gasteiger partial charge in [-0.25, -0.2) is 4.99 Å². The molecule has 1 unspecified atom stereocenters. The van der Waals surface area contributed by atoms with Gasteiger partial charge in [-0.05, 0) is 63.7 Å². The third-order valence-electron chi connectivity index (χ3n) is 4.33. The molecule has 0 saturated carbocycles. The lowest BCUT2D eigenvalue weighted by atomic mass is 10.1. The summed E-state index contributed by atoms with van der Waals surface area (Å²) in [7, 11) is 4.13. The van der Waals surface area contributed by atoms with Gasteiger partial charge >= 0.3 is 0 Å². The Bertz CT molecular complexity index is 805. The zero-order valence-electron chi connectivity index (χ0n) is 18.9. The maximum Gasteiger partial charge on any atom is 0.191 e. The molecule has 0 spiro atoms. The van der Waals surface area contributed by atoms with E-state index >= 15 is 0 Å². The molecule has 0 bridgehead atoms. The van der Waals surface area contributed by atoms with Gasteiger partial charge in [-0.15, -0.1) is 0 Å². The van der Waals surface area contributed by atoms with Crippen molar-refractivity contribution in [2.75, 3.05) is 27.2 Å². The highest BCUT2D eigenvalue weighted by atomic mass is 16.5. The highest BCUT2D eigenvalue weighted by Crippen LogP contribution is 2.20. The Morgan fingerprint density at radius 1 is 1.07 bits per heavy atom. The summed E-state index contributed by atoms with van der Waals surface area (Å²) < 4.78 is 5.72. The van der Waals surface area contributed by atoms with Crippen molar-refractivity contribution in [2.24, 2.45) is 4.99 Å². The molecule has 164 valence electrons. The van der Waals surface area contributed by atoms with E-state index in [1.807, 2.05) is 45.0 Å². The van der Waals surface area contributed by atoms with Crippen LogP contribution in [-0.4, -0.2) is 49.3 Å². The van der Waals surface area contributed by atoms with Gasteiger partial charge in [0.05, 0.1) is 18.8 Å². The van der Waals surface area contributed by atoms with E-state index in [1.165, 1.54) is 5.56 Å². The van der Waals surface area contributed by atoms with E-state index in [1.54, 1.807) is 0 Å². The molecule has 6 nitrogen and oxygen atoms in total. The Balaban J connectivity index is 1.98. The molecule has 6 heteroatoms. The normalized spacial score (nSPS) is 12.9. The molecule has 0 aliphatic carbocycles. The van der Waals surface area contributed by atoms with Gasteiger partial charge in [-0.3, -0.25) is 0 Å². The zero-order chi connectivity index (χ0) is 21.9. The van der Waals surface area contributed by atoms with Crippen LogP contribution >= 0.6 is 0 Å². The molecule has 2 aromatic carbocycles. The molecule has 0 heterocycles. The van der Waals surface area contributed by atoms with Crippen molar-refractivity contribution in [3.63, 3.8) is 0 Å². The van der Waals surface area contributed by atoms with Crippen molar-refractivity contribution in [3.8, 4) is 5.75 Å². The lowest BCUT2D eigenvalue weighted by Crippen LogP contribution is -2.39. The number of aliphatic hydroxyl groups is 1. The van der Waals surface area contributed by atoms with Gasteiger partial charge in [0.25, 0.3) is 0 Å². The molecule has 0 saturated heterocycles. The molecular formula is C24H36N4O2. The van der Waals surface area contributed by atoms with E-state index in [4.69, 9.17) is 4.74 Å². The molecule has 0 amide bonds. The van der Waals surface area contributed by atoms with Crippen molar-refractivity contribution in [1.29, 1.82) is 0 Å². The average Bonchev–Trinajstić information content (AvgIpc) is 2.69. The SMILES string of the molecule is CCNC(=NCc1cccc(CN(C)C)c1)NCC(O)c1cccc(OC(C)C)c1. The van der Waals surface area contributed by atoms with Crippen molar-refractivity contribution < 1.29 is 9.84 Å². The largest absolute Gasteiger partial charge is 0.491 e. The monoisotopic (exact) mass is 412 g/mol. The predicted octanol–water partition coefficient (Wildman–Crippen LogP) is 3.32. The number of benzene rings is 2. The van der Waals surface area contributed by atoms with Crippen LogP contribution in [0.1, 0.15) is 43.6 Å². The lowest BCUT2D eigenvalue weighted by Gasteiger charge is -2.17. The van der Waals surface area contributed by atoms with Crippen molar-refractivity contribution >= 4 is 5.96 Å². The number of hydrogen-bond donors (Lipinski definition) is 3. The molecule has 0 fully saturated rings. The fourth-order valence-electron chi connectivity index (χ4n) is 3.08. The number of ether oxygens (including phenoxy) is 1. The minimum Gasteiger partial charge on any atom is -0.491 e. The molecule has 0 aliphatic heterocycles. The van der Waals surface area contributed by atoms with E-state index in [-0.39, 0.29) is 6.10 Å². The Hall–Kier alpha value is -2.57. The number of nitrogens with one attached hydrogen (secondary N) is 2. The first kappa shape index (κ1) is 23.7. The number of aliphatic hydroxyl groups excluding tert-OH is 1. The summed E-state index contributed by atoms with van der Waals surface area (Å²) in [6.07, 6.45) is -0.563. The number of hydrogen-bond acceptors (Lipinski definition) is 4. The molecule has 2 aromatic rings. The van der Waals surface area contributed by atoms with Crippen LogP contribution in [0.2, 0.25) is 0 Å². The second kappa shape index (κ2) is 12.2. The molecular weight excluding hydrogens is 376 g/mol. The highest BCUT2D eigenvalue weighted by molar-refractivity contribution is 5.79. The summed E-state index contributed by atoms with van der Waals surface area (Å²) >= 11 is 0. The van der Waals surface area contributed by atoms with E-state index in [0.717, 1.165) is 30.0 Å². The minimum atomic E-state index is -0.659. The van der Waals surface area contributed by atoms with Crippen LogP contribution < -0.4 is 15.4 Å². The lowest BCUT2D eigenvalue weighted by molar-refractivity contribution is 0.179. The third-order valence-corrected chi connectivity index (χ3v) is 4.33. The number of nitrogens with zero attached hydrogens (tertiary/aromatic N) is 2. The second-order valence-electron chi connectivity index (χ2n) is 7.89. The fraction of sp³-hybridized carbons (Fsp3) is 0.458. The summed E-state index contributed by atoms with van der Waals surface area (Å²) in [6, 6.07) is 16.1. The first-order valence-electron chi connectivity index (χ1n) is 10.6. The second-order valence-corrected chi connectivity index (χ2v) is 7.89. The molecule has 1 atom stereocenters. The first-order valence-corrected chi connectivity index (χ1v) is 10.6. The Morgan fingerprint density at radius 2 is 1.80 bits per heavy atom. The molecule has 0 aromatic heterocycles. The number of aliphatic imine (C=N–C) groups is 1. The summed E-state index contributed by atoms with van der Waals surface area (Å²) in [4.78, 5) is 6.82. The van der Waals surface area contributed by atoms with Gasteiger partial charge in [0.1, 0.15) is 5.75 Å². The first-order chi connectivity index (χ1) is 14.4. The highest BCUT2D eigenvalue weighted by Gasteiger charge is 2.10. The Labute approximate surface area is 181 Å². The summed E-state index contributed by atoms with van der Waals surface area (Å²) in [5.41, 5.74) is 3.24. The van der Waals surface area contributed by atoms with Gasteiger partial charge in [0.2, 0.25) is 0 Å². The Morgan fingerprint density at radius 3 is 2.50 bits per heavy atom. The fourth-order valence-corrected chi connectivity index (χ4v) is 3.08. The predicted molar refractivity (Wildman–Crippen MR) is 124 cm³/mol. The van der Waals surface area contributed by atoms with Crippen LogP contribution in [-0.2, 0) is 13.1 Å². The maximum absolute atomic E-state index is 10.6. The van der Waals surface area contributed by atoms with Crippen LogP contribution in [0.25, 0.3) is 0 Å². The quantitative estimate of drug-likeness (QED) is 0.413. The molecule has 2 rings (SSSR count). The molecule has 0 aliphatic rings. The standard InChI is InChI=1S/C24H36N4O2/c1-6-25-24(26-15-19-9-7-10-20(13-19)17-28(4)5)27-16-23(29)21-11-8-12-22(14-21)30-18(2)3/h7-14,18,23,29H,6,15-17H2,1-5H3,(H2,25,26,27). The summed E-state index contributed by atoms with van der Waals surface area (Å²) in [5, 5.41) is 17.1. The maximum atomic E-state index is 10.6. The van der Waals surface area contributed by atoms with Gasteiger partial charge < -0.3 is 25.4 Å². The van der Waals surface area contributed by atoms with Crippen molar-refractivity contribution in [2.45, 2.75) is 46.1 Å². The van der Waals surface area contributed by atoms with Crippen molar-refractivity contribution in [1.82, 2.24) is 15.5 Å². The van der Waals surface area contributed by atoms with Crippen LogP contribution in [0.15, 0.2) is 53.5 Å². The number of rotatable bonds is 10. The van der Waals surface area contributed by atoms with Crippen molar-refractivity contribution in [3.05, 3.63) is 65.2 Å². The summed E-state index contributed by atoms with van der Waals surface area (Å²) in [5.74, 6) is 1.45. The van der Waals surface area contributed by atoms with Gasteiger partial charge in [-0.1, -0.05) is 36.4 Å². The minimum absolute atomic E-state index is 0.0965. The summed E-state index contributed by atoms with van der Waals surface area (Å²) in [6.45, 7) is 8.59. The van der Waals surface area contributed by atoms with Crippen LogP contribution in [0.3, 0.4) is 0 Å². The molecule has 0 radical (unpaired) electrons. The van der Waals surface area contributed by atoms with Crippen LogP contribution in [0.4, 0.5) is 0 Å². The third kappa shape index (κ3) is 8.43. The van der Waals surface area contributed by atoms with Gasteiger partial charge in [-0.2, -0.15) is 0 Å². The van der Waals surface area contributed by atoms with E-state index < -0.39 is 6.10 Å². The van der Waals surface area contributed by atoms with E-state index in [2.05, 4.69) is 58.9 Å². The molecule has 3 N–H and O–H groups in total. The molecule has 30 heavy (non-hydrogen) atoms. The van der Waals surface area contributed by atoms with Crippen LogP contribution in [0.5, 0.6) is 5.75 Å². The van der Waals surface area contributed by atoms with Gasteiger partial charge in [0.15, 0.2) is 5.96 Å². The average molecular weight is 413 g/mol. The Kier molecular flexibility index (Phi) is 9.64. The van der Waals surface area contributed by atoms with Gasteiger partial charge in [0, 0.05) is 19.6 Å². The van der Waals surface area contributed by atoms with E-state index in [9.17, 15) is 5.11 Å². The van der Waals surface area contributed by atoms with Crippen LogP contribution in [0, 0.1) is 0 Å². The number of guanidine groups is 1. The topological polar surface area (TPSA) is 69.1 Å². The van der Waals surface area contributed by atoms with E-state index in [0.29, 0.717) is 19.0 Å².